The zero-order valence-corrected chi connectivity index (χ0v) is 18.1. The van der Waals surface area contributed by atoms with Gasteiger partial charge in [-0.15, -0.1) is 0 Å². The van der Waals surface area contributed by atoms with E-state index in [-0.39, 0.29) is 12.6 Å². The summed E-state index contributed by atoms with van der Waals surface area (Å²) in [5, 5.41) is 16.5. The molecule has 30 heavy (non-hydrogen) atoms. The molecule has 2 aliphatic rings. The fourth-order valence-electron chi connectivity index (χ4n) is 4.59. The summed E-state index contributed by atoms with van der Waals surface area (Å²) in [5.41, 5.74) is 4.41. The van der Waals surface area contributed by atoms with Gasteiger partial charge in [-0.1, -0.05) is 12.5 Å². The molecule has 7 heteroatoms. The highest BCUT2D eigenvalue weighted by Crippen LogP contribution is 2.33. The Morgan fingerprint density at radius 1 is 1.30 bits per heavy atom. The van der Waals surface area contributed by atoms with Gasteiger partial charge in [0.05, 0.1) is 24.9 Å². The van der Waals surface area contributed by atoms with Crippen LogP contribution < -0.4 is 15.4 Å². The van der Waals surface area contributed by atoms with Crippen LogP contribution in [0.4, 0.5) is 5.82 Å². The lowest BCUT2D eigenvalue weighted by molar-refractivity contribution is 0.133. The molecule has 0 radical (unpaired) electrons. The largest absolute Gasteiger partial charge is 0.494 e. The van der Waals surface area contributed by atoms with E-state index in [4.69, 9.17) is 14.7 Å². The smallest absolute Gasteiger partial charge is 0.148 e. The van der Waals surface area contributed by atoms with Crippen LogP contribution in [0.25, 0.3) is 0 Å². The summed E-state index contributed by atoms with van der Waals surface area (Å²) in [6.45, 7) is 6.17. The Kier molecular flexibility index (Phi) is 6.82. The van der Waals surface area contributed by atoms with Crippen molar-refractivity contribution in [1.82, 2.24) is 20.2 Å². The van der Waals surface area contributed by atoms with Gasteiger partial charge in [-0.05, 0) is 57.0 Å². The van der Waals surface area contributed by atoms with Crippen LogP contribution in [0.15, 0.2) is 18.2 Å². The number of ether oxygens (including phenoxy) is 1. The Bertz CT molecular complexity index is 856. The minimum absolute atomic E-state index is 0.0148. The summed E-state index contributed by atoms with van der Waals surface area (Å²) < 4.78 is 5.64. The van der Waals surface area contributed by atoms with Crippen LogP contribution in [0.5, 0.6) is 5.75 Å². The molecule has 0 spiro atoms. The van der Waals surface area contributed by atoms with Gasteiger partial charge in [0.1, 0.15) is 17.4 Å². The van der Waals surface area contributed by atoms with Crippen molar-refractivity contribution in [3.05, 3.63) is 46.4 Å². The van der Waals surface area contributed by atoms with Crippen molar-refractivity contribution >= 4 is 5.82 Å². The van der Waals surface area contributed by atoms with Crippen LogP contribution in [0, 0.1) is 0 Å². The minimum atomic E-state index is -0.0148. The van der Waals surface area contributed by atoms with Crippen molar-refractivity contribution in [3.63, 3.8) is 0 Å². The number of fused-ring (bicyclic) bond motifs is 1. The summed E-state index contributed by atoms with van der Waals surface area (Å²) in [7, 11) is 1.95. The summed E-state index contributed by atoms with van der Waals surface area (Å²) in [4.78, 5) is 12.4. The quantitative estimate of drug-likeness (QED) is 0.646. The average Bonchev–Trinajstić information content (AvgIpc) is 2.79. The maximum absolute atomic E-state index is 9.75. The van der Waals surface area contributed by atoms with Crippen LogP contribution in [-0.2, 0) is 26.1 Å². The van der Waals surface area contributed by atoms with Gasteiger partial charge in [-0.3, -0.25) is 4.90 Å². The first-order valence-electron chi connectivity index (χ1n) is 11.1. The Balaban J connectivity index is 1.60. The van der Waals surface area contributed by atoms with Crippen molar-refractivity contribution in [2.24, 2.45) is 0 Å². The van der Waals surface area contributed by atoms with Crippen LogP contribution in [-0.4, -0.2) is 46.7 Å². The molecule has 0 bridgehead atoms. The third kappa shape index (κ3) is 4.43. The number of nitrogens with zero attached hydrogens (tertiary/aromatic N) is 3. The van der Waals surface area contributed by atoms with E-state index in [0.29, 0.717) is 6.61 Å². The lowest BCUT2D eigenvalue weighted by Crippen LogP contribution is -2.35. The topological polar surface area (TPSA) is 82.5 Å². The second-order valence-corrected chi connectivity index (χ2v) is 8.05. The second kappa shape index (κ2) is 9.73. The van der Waals surface area contributed by atoms with Gasteiger partial charge in [0.2, 0.25) is 0 Å². The number of hydrogen-bond acceptors (Lipinski definition) is 7. The number of rotatable bonds is 7. The van der Waals surface area contributed by atoms with E-state index in [1.807, 2.05) is 20.0 Å². The van der Waals surface area contributed by atoms with Gasteiger partial charge in [0.15, 0.2) is 0 Å². The maximum Gasteiger partial charge on any atom is 0.148 e. The van der Waals surface area contributed by atoms with Crippen LogP contribution in [0.2, 0.25) is 0 Å². The number of piperidine rings is 1. The van der Waals surface area contributed by atoms with E-state index in [0.717, 1.165) is 67.7 Å². The molecule has 1 atom stereocenters. The molecule has 162 valence electrons. The summed E-state index contributed by atoms with van der Waals surface area (Å²) >= 11 is 0. The summed E-state index contributed by atoms with van der Waals surface area (Å²) in [5.74, 6) is 2.67. The first kappa shape index (κ1) is 21.0. The zero-order valence-electron chi connectivity index (χ0n) is 18.1. The lowest BCUT2D eigenvalue weighted by atomic mass is 9.99. The molecule has 1 saturated heterocycles. The van der Waals surface area contributed by atoms with Crippen molar-refractivity contribution in [1.29, 1.82) is 0 Å². The van der Waals surface area contributed by atoms with Crippen molar-refractivity contribution < 1.29 is 9.84 Å². The van der Waals surface area contributed by atoms with Crippen molar-refractivity contribution in [2.45, 2.75) is 58.3 Å². The van der Waals surface area contributed by atoms with E-state index in [1.165, 1.54) is 24.0 Å². The molecule has 0 saturated carbocycles. The van der Waals surface area contributed by atoms with E-state index >= 15 is 0 Å². The van der Waals surface area contributed by atoms with Crippen LogP contribution in [0.1, 0.15) is 60.4 Å². The number of likely N-dealkylation sites (tertiary alicyclic amines) is 1. The van der Waals surface area contributed by atoms with Gasteiger partial charge in [-0.25, -0.2) is 9.97 Å². The van der Waals surface area contributed by atoms with Crippen molar-refractivity contribution in [3.8, 4) is 5.75 Å². The monoisotopic (exact) mass is 411 g/mol. The molecule has 0 aliphatic carbocycles. The van der Waals surface area contributed by atoms with Gasteiger partial charge in [-0.2, -0.15) is 0 Å². The molecule has 7 nitrogen and oxygen atoms in total. The van der Waals surface area contributed by atoms with Gasteiger partial charge < -0.3 is 20.5 Å². The highest BCUT2D eigenvalue weighted by molar-refractivity contribution is 5.47. The second-order valence-electron chi connectivity index (χ2n) is 8.05. The fraction of sp³-hybridized carbons (Fsp3) is 0.565. The Morgan fingerprint density at radius 3 is 3.00 bits per heavy atom. The lowest BCUT2D eigenvalue weighted by Gasteiger charge is -2.35. The first-order valence-corrected chi connectivity index (χ1v) is 11.1. The van der Waals surface area contributed by atoms with Crippen LogP contribution in [0.3, 0.4) is 0 Å². The molecule has 3 N–H and O–H groups in total. The Hall–Kier alpha value is -2.22. The molecule has 2 aromatic rings. The first-order chi connectivity index (χ1) is 14.7. The van der Waals surface area contributed by atoms with E-state index in [2.05, 4.69) is 27.7 Å². The molecular weight excluding hydrogens is 378 g/mol. The number of hydrogen-bond donors (Lipinski definition) is 3. The number of benzene rings is 1. The van der Waals surface area contributed by atoms with Crippen LogP contribution >= 0.6 is 0 Å². The van der Waals surface area contributed by atoms with Gasteiger partial charge in [0, 0.05) is 31.3 Å². The average molecular weight is 412 g/mol. The molecule has 1 fully saturated rings. The zero-order chi connectivity index (χ0) is 20.9. The number of aromatic nitrogens is 2. The molecule has 3 heterocycles. The molecule has 0 amide bonds. The number of aliphatic hydroxyl groups is 1. The van der Waals surface area contributed by atoms with E-state index in [1.54, 1.807) is 0 Å². The number of nitrogens with one attached hydrogen (secondary N) is 2. The Labute approximate surface area is 178 Å². The van der Waals surface area contributed by atoms with Crippen molar-refractivity contribution in [2.75, 3.05) is 32.1 Å². The SMILES string of the molecule is CCOc1ccc(CN2CCCCC2c2nc3c(c(NC)n2)CCNC3)cc1CO. The molecule has 2 aliphatic heterocycles. The highest BCUT2D eigenvalue weighted by Gasteiger charge is 2.28. The van der Waals surface area contributed by atoms with E-state index < -0.39 is 0 Å². The third-order valence-electron chi connectivity index (χ3n) is 6.08. The minimum Gasteiger partial charge on any atom is -0.494 e. The predicted octanol–water partition coefficient (Wildman–Crippen LogP) is 2.78. The highest BCUT2D eigenvalue weighted by atomic mass is 16.5. The molecule has 4 rings (SSSR count). The maximum atomic E-state index is 9.75. The molecule has 1 aromatic carbocycles. The number of anilines is 1. The standard InChI is InChI=1S/C23H33N5O2/c1-3-30-21-8-7-16(12-17(21)15-29)14-28-11-5-4-6-20(28)23-26-19-13-25-10-9-18(19)22(24-2)27-23/h7-8,12,20,25,29H,3-6,9-11,13-15H2,1-2H3,(H,24,26,27). The molecular formula is C23H33N5O2. The normalized spacial score (nSPS) is 19.4. The van der Waals surface area contributed by atoms with Gasteiger partial charge >= 0.3 is 0 Å². The fourth-order valence-corrected chi connectivity index (χ4v) is 4.59. The third-order valence-corrected chi connectivity index (χ3v) is 6.08. The molecule has 1 aromatic heterocycles. The van der Waals surface area contributed by atoms with Gasteiger partial charge in [0.25, 0.3) is 0 Å². The number of aliphatic hydroxyl groups excluding tert-OH is 1. The predicted molar refractivity (Wildman–Crippen MR) is 118 cm³/mol. The summed E-state index contributed by atoms with van der Waals surface area (Å²) in [6, 6.07) is 6.35. The van der Waals surface area contributed by atoms with E-state index in [9.17, 15) is 5.11 Å². The summed E-state index contributed by atoms with van der Waals surface area (Å²) in [6.07, 6.45) is 4.42. The Morgan fingerprint density at radius 2 is 2.20 bits per heavy atom. The molecule has 1 unspecified atom stereocenters.